The first-order valence-corrected chi connectivity index (χ1v) is 6.38. The third kappa shape index (κ3) is 5.39. The second-order valence-electron chi connectivity index (χ2n) is 6.41. The van der Waals surface area contributed by atoms with Gasteiger partial charge in [-0.2, -0.15) is 0 Å². The first-order valence-electron chi connectivity index (χ1n) is 6.38. The predicted octanol–water partition coefficient (Wildman–Crippen LogP) is 5.44. The molecule has 0 aromatic heterocycles. The summed E-state index contributed by atoms with van der Waals surface area (Å²) in [4.78, 5) is 0. The molecule has 0 heterocycles. The van der Waals surface area contributed by atoms with Gasteiger partial charge >= 0.3 is 0 Å². The van der Waals surface area contributed by atoms with Crippen LogP contribution in [-0.2, 0) is 0 Å². The maximum atomic E-state index is 2.39. The quantitative estimate of drug-likeness (QED) is 0.542. The highest BCUT2D eigenvalue weighted by molar-refractivity contribution is 5.17. The van der Waals surface area contributed by atoms with Gasteiger partial charge in [0.1, 0.15) is 0 Å². The van der Waals surface area contributed by atoms with Crippen molar-refractivity contribution in [1.82, 2.24) is 0 Å². The van der Waals surface area contributed by atoms with E-state index in [1.54, 1.807) is 11.1 Å². The second kappa shape index (κ2) is 5.72. The Balaban J connectivity index is 4.81. The van der Waals surface area contributed by atoms with Crippen LogP contribution in [0, 0.1) is 17.3 Å². The standard InChI is InChI=1S/C15H30/c1-9-12(4)14(11(2)3)13(5)10-15(6,7)8/h11,13H,9-10H2,1-8H3. The van der Waals surface area contributed by atoms with E-state index >= 15 is 0 Å². The third-order valence-corrected chi connectivity index (χ3v) is 3.09. The molecule has 0 heteroatoms. The van der Waals surface area contributed by atoms with Gasteiger partial charge in [0.15, 0.2) is 0 Å². The maximum Gasteiger partial charge on any atom is -0.0222 e. The lowest BCUT2D eigenvalue weighted by Gasteiger charge is -2.28. The van der Waals surface area contributed by atoms with Crippen LogP contribution in [0.3, 0.4) is 0 Å². The Labute approximate surface area is 97.2 Å². The molecule has 0 nitrogen and oxygen atoms in total. The van der Waals surface area contributed by atoms with Crippen LogP contribution in [-0.4, -0.2) is 0 Å². The molecular formula is C15H30. The highest BCUT2D eigenvalue weighted by Gasteiger charge is 2.21. The average molecular weight is 210 g/mol. The predicted molar refractivity (Wildman–Crippen MR) is 71.1 cm³/mol. The molecule has 0 amide bonds. The van der Waals surface area contributed by atoms with Gasteiger partial charge < -0.3 is 0 Å². The Morgan fingerprint density at radius 3 is 1.80 bits per heavy atom. The number of hydrogen-bond acceptors (Lipinski definition) is 0. The zero-order valence-electron chi connectivity index (χ0n) is 12.1. The minimum atomic E-state index is 0.438. The number of rotatable bonds is 4. The molecule has 0 saturated heterocycles. The van der Waals surface area contributed by atoms with Crippen molar-refractivity contribution in [3.63, 3.8) is 0 Å². The fraction of sp³-hybridized carbons (Fsp3) is 0.867. The van der Waals surface area contributed by atoms with Gasteiger partial charge in [0, 0.05) is 0 Å². The Hall–Kier alpha value is -0.260. The lowest BCUT2D eigenvalue weighted by atomic mass is 9.77. The van der Waals surface area contributed by atoms with Gasteiger partial charge in [-0.05, 0) is 37.0 Å². The lowest BCUT2D eigenvalue weighted by molar-refractivity contribution is 0.319. The van der Waals surface area contributed by atoms with Gasteiger partial charge in [-0.25, -0.2) is 0 Å². The molecular weight excluding hydrogens is 180 g/mol. The SMILES string of the molecule is CCC(C)=C(C(C)C)C(C)CC(C)(C)C. The van der Waals surface area contributed by atoms with Crippen molar-refractivity contribution in [2.24, 2.45) is 17.3 Å². The molecule has 0 rings (SSSR count). The van der Waals surface area contributed by atoms with Crippen LogP contribution < -0.4 is 0 Å². The molecule has 1 unspecified atom stereocenters. The molecule has 90 valence electrons. The summed E-state index contributed by atoms with van der Waals surface area (Å²) in [7, 11) is 0. The molecule has 0 fully saturated rings. The van der Waals surface area contributed by atoms with Crippen molar-refractivity contribution in [2.45, 2.75) is 68.2 Å². The van der Waals surface area contributed by atoms with Crippen molar-refractivity contribution < 1.29 is 0 Å². The zero-order chi connectivity index (χ0) is 12.2. The Morgan fingerprint density at radius 1 is 1.07 bits per heavy atom. The summed E-state index contributed by atoms with van der Waals surface area (Å²) in [6.07, 6.45) is 2.49. The molecule has 0 spiro atoms. The molecule has 1 atom stereocenters. The normalized spacial score (nSPS) is 16.6. The second-order valence-corrected chi connectivity index (χ2v) is 6.41. The molecule has 0 aromatic carbocycles. The monoisotopic (exact) mass is 210 g/mol. The minimum absolute atomic E-state index is 0.438. The van der Waals surface area contributed by atoms with E-state index in [0.717, 1.165) is 5.92 Å². The van der Waals surface area contributed by atoms with Crippen molar-refractivity contribution >= 4 is 0 Å². The van der Waals surface area contributed by atoms with Crippen LogP contribution in [0.4, 0.5) is 0 Å². The van der Waals surface area contributed by atoms with Crippen LogP contribution in [0.15, 0.2) is 11.1 Å². The molecule has 0 bridgehead atoms. The molecule has 0 radical (unpaired) electrons. The van der Waals surface area contributed by atoms with E-state index in [4.69, 9.17) is 0 Å². The van der Waals surface area contributed by atoms with Gasteiger partial charge in [-0.1, -0.05) is 59.6 Å². The Morgan fingerprint density at radius 2 is 1.53 bits per heavy atom. The fourth-order valence-corrected chi connectivity index (χ4v) is 2.72. The van der Waals surface area contributed by atoms with Gasteiger partial charge in [0.2, 0.25) is 0 Å². The van der Waals surface area contributed by atoms with Gasteiger partial charge in [0.05, 0.1) is 0 Å². The van der Waals surface area contributed by atoms with Crippen LogP contribution in [0.25, 0.3) is 0 Å². The zero-order valence-corrected chi connectivity index (χ0v) is 12.1. The molecule has 15 heavy (non-hydrogen) atoms. The van der Waals surface area contributed by atoms with Gasteiger partial charge in [-0.15, -0.1) is 0 Å². The fourth-order valence-electron chi connectivity index (χ4n) is 2.72. The van der Waals surface area contributed by atoms with Crippen LogP contribution in [0.1, 0.15) is 68.2 Å². The van der Waals surface area contributed by atoms with Crippen LogP contribution >= 0.6 is 0 Å². The van der Waals surface area contributed by atoms with E-state index in [1.807, 2.05) is 0 Å². The maximum absolute atomic E-state index is 2.39. The van der Waals surface area contributed by atoms with E-state index in [9.17, 15) is 0 Å². The molecule has 0 aliphatic heterocycles. The third-order valence-electron chi connectivity index (χ3n) is 3.09. The summed E-state index contributed by atoms with van der Waals surface area (Å²) >= 11 is 0. The van der Waals surface area contributed by atoms with Gasteiger partial charge in [0.25, 0.3) is 0 Å². The molecule has 0 aromatic rings. The Kier molecular flexibility index (Phi) is 5.62. The molecule has 0 N–H and O–H groups in total. The first kappa shape index (κ1) is 14.7. The highest BCUT2D eigenvalue weighted by atomic mass is 14.3. The smallest absolute Gasteiger partial charge is 0.0222 e. The van der Waals surface area contributed by atoms with E-state index in [0.29, 0.717) is 11.3 Å². The minimum Gasteiger partial charge on any atom is -0.0739 e. The topological polar surface area (TPSA) is 0 Å². The van der Waals surface area contributed by atoms with Crippen molar-refractivity contribution in [3.8, 4) is 0 Å². The number of hydrogen-bond donors (Lipinski definition) is 0. The summed E-state index contributed by atoms with van der Waals surface area (Å²) < 4.78 is 0. The van der Waals surface area contributed by atoms with Crippen molar-refractivity contribution in [1.29, 1.82) is 0 Å². The number of allylic oxidation sites excluding steroid dienone is 2. The van der Waals surface area contributed by atoms with E-state index in [-0.39, 0.29) is 0 Å². The molecule has 0 saturated carbocycles. The van der Waals surface area contributed by atoms with Crippen LogP contribution in [0.2, 0.25) is 0 Å². The summed E-state index contributed by atoms with van der Waals surface area (Å²) in [6.45, 7) is 18.6. The summed E-state index contributed by atoms with van der Waals surface area (Å²) in [5, 5.41) is 0. The van der Waals surface area contributed by atoms with Gasteiger partial charge in [-0.3, -0.25) is 0 Å². The first-order chi connectivity index (χ1) is 6.69. The van der Waals surface area contributed by atoms with E-state index in [2.05, 4.69) is 55.4 Å². The Bertz CT molecular complexity index is 213. The van der Waals surface area contributed by atoms with Crippen molar-refractivity contribution in [3.05, 3.63) is 11.1 Å². The van der Waals surface area contributed by atoms with Crippen molar-refractivity contribution in [2.75, 3.05) is 0 Å². The van der Waals surface area contributed by atoms with E-state index < -0.39 is 0 Å². The molecule has 0 aliphatic carbocycles. The van der Waals surface area contributed by atoms with E-state index in [1.165, 1.54) is 12.8 Å². The summed E-state index contributed by atoms with van der Waals surface area (Å²) in [5.41, 5.74) is 3.72. The van der Waals surface area contributed by atoms with Crippen LogP contribution in [0.5, 0.6) is 0 Å². The highest BCUT2D eigenvalue weighted by Crippen LogP contribution is 2.33. The molecule has 0 aliphatic rings. The summed E-state index contributed by atoms with van der Waals surface area (Å²) in [5.74, 6) is 1.42. The summed E-state index contributed by atoms with van der Waals surface area (Å²) in [6, 6.07) is 0. The lowest BCUT2D eigenvalue weighted by Crippen LogP contribution is -2.16. The largest absolute Gasteiger partial charge is 0.0739 e. The average Bonchev–Trinajstić information content (AvgIpc) is 1.99.